The molecule has 1 aliphatic heterocycles. The van der Waals surface area contributed by atoms with Crippen LogP contribution in [0, 0.1) is 0 Å². The van der Waals surface area contributed by atoms with Crippen molar-refractivity contribution in [2.24, 2.45) is 0 Å². The zero-order chi connectivity index (χ0) is 17.4. The van der Waals surface area contributed by atoms with Gasteiger partial charge >= 0.3 is 0 Å². The molecule has 25 heavy (non-hydrogen) atoms. The van der Waals surface area contributed by atoms with Crippen molar-refractivity contribution in [2.45, 2.75) is 57.3 Å². The van der Waals surface area contributed by atoms with E-state index in [0.717, 1.165) is 38.1 Å². The highest BCUT2D eigenvalue weighted by Crippen LogP contribution is 2.37. The quantitative estimate of drug-likeness (QED) is 0.850. The monoisotopic (exact) mass is 341 g/mol. The van der Waals surface area contributed by atoms with E-state index >= 15 is 0 Å². The lowest BCUT2D eigenvalue weighted by Crippen LogP contribution is -2.39. The molecule has 1 aliphatic carbocycles. The Kier molecular flexibility index (Phi) is 4.23. The molecule has 0 bridgehead atoms. The smallest absolute Gasteiger partial charge is 0.272 e. The number of piperidine rings is 1. The SMILES string of the molecule is CC(C)c1nc(C2CCCN(C(=O)c3ccnc(C4CC4)n3)C2)no1. The predicted molar refractivity (Wildman–Crippen MR) is 90.3 cm³/mol. The minimum atomic E-state index is -0.0263. The number of aromatic nitrogens is 4. The Morgan fingerprint density at radius 3 is 2.76 bits per heavy atom. The molecular formula is C18H23N5O2. The van der Waals surface area contributed by atoms with Gasteiger partial charge in [0.05, 0.1) is 0 Å². The molecule has 7 nitrogen and oxygen atoms in total. The summed E-state index contributed by atoms with van der Waals surface area (Å²) in [6.07, 6.45) is 5.85. The van der Waals surface area contributed by atoms with Crippen LogP contribution < -0.4 is 0 Å². The van der Waals surface area contributed by atoms with Gasteiger partial charge in [0, 0.05) is 37.0 Å². The topological polar surface area (TPSA) is 85.0 Å². The minimum Gasteiger partial charge on any atom is -0.339 e. The highest BCUT2D eigenvalue weighted by Gasteiger charge is 2.31. The largest absolute Gasteiger partial charge is 0.339 e. The Morgan fingerprint density at radius 2 is 2.04 bits per heavy atom. The Hall–Kier alpha value is -2.31. The second-order valence-electron chi connectivity index (χ2n) is 7.31. The van der Waals surface area contributed by atoms with E-state index in [9.17, 15) is 4.79 Å². The molecule has 2 aromatic heterocycles. The van der Waals surface area contributed by atoms with Gasteiger partial charge in [0.1, 0.15) is 11.5 Å². The van der Waals surface area contributed by atoms with Crippen LogP contribution in [0.5, 0.6) is 0 Å². The summed E-state index contributed by atoms with van der Waals surface area (Å²) >= 11 is 0. The van der Waals surface area contributed by atoms with Gasteiger partial charge in [0.25, 0.3) is 5.91 Å². The maximum atomic E-state index is 12.9. The van der Waals surface area contributed by atoms with E-state index in [2.05, 4.69) is 20.1 Å². The first-order chi connectivity index (χ1) is 12.1. The van der Waals surface area contributed by atoms with Crippen molar-refractivity contribution in [2.75, 3.05) is 13.1 Å². The Labute approximate surface area is 146 Å². The van der Waals surface area contributed by atoms with Gasteiger partial charge in [-0.1, -0.05) is 19.0 Å². The van der Waals surface area contributed by atoms with Crippen molar-refractivity contribution in [3.05, 3.63) is 35.5 Å². The summed E-state index contributed by atoms with van der Waals surface area (Å²) in [5.74, 6) is 2.92. The number of hydrogen-bond donors (Lipinski definition) is 0. The van der Waals surface area contributed by atoms with Crippen LogP contribution in [0.1, 0.15) is 85.3 Å². The van der Waals surface area contributed by atoms with Gasteiger partial charge in [0.2, 0.25) is 5.89 Å². The van der Waals surface area contributed by atoms with Gasteiger partial charge < -0.3 is 9.42 Å². The molecule has 1 unspecified atom stereocenters. The molecule has 2 aliphatic rings. The van der Waals surface area contributed by atoms with E-state index in [1.807, 2.05) is 18.7 Å². The number of hydrogen-bond acceptors (Lipinski definition) is 6. The molecule has 0 aromatic carbocycles. The third-order valence-electron chi connectivity index (χ3n) is 4.86. The molecule has 1 saturated heterocycles. The summed E-state index contributed by atoms with van der Waals surface area (Å²) in [6, 6.07) is 1.71. The van der Waals surface area contributed by atoms with Crippen molar-refractivity contribution in [1.29, 1.82) is 0 Å². The first kappa shape index (κ1) is 16.2. The van der Waals surface area contributed by atoms with Gasteiger partial charge in [-0.15, -0.1) is 0 Å². The van der Waals surface area contributed by atoms with Crippen LogP contribution in [-0.2, 0) is 0 Å². The molecule has 0 spiro atoms. The fraction of sp³-hybridized carbons (Fsp3) is 0.611. The lowest BCUT2D eigenvalue weighted by Gasteiger charge is -2.31. The van der Waals surface area contributed by atoms with Crippen molar-refractivity contribution < 1.29 is 9.32 Å². The number of carbonyl (C=O) groups excluding carboxylic acids is 1. The van der Waals surface area contributed by atoms with Gasteiger partial charge in [-0.25, -0.2) is 9.97 Å². The second kappa shape index (κ2) is 6.54. The third kappa shape index (κ3) is 3.41. The third-order valence-corrected chi connectivity index (χ3v) is 4.86. The van der Waals surface area contributed by atoms with Gasteiger partial charge in [-0.3, -0.25) is 4.79 Å². The summed E-state index contributed by atoms with van der Waals surface area (Å²) < 4.78 is 5.32. The van der Waals surface area contributed by atoms with Crippen LogP contribution in [0.15, 0.2) is 16.8 Å². The van der Waals surface area contributed by atoms with E-state index in [1.54, 1.807) is 12.3 Å². The summed E-state index contributed by atoms with van der Waals surface area (Å²) in [5.41, 5.74) is 0.494. The van der Waals surface area contributed by atoms with E-state index in [-0.39, 0.29) is 17.7 Å². The van der Waals surface area contributed by atoms with E-state index < -0.39 is 0 Å². The fourth-order valence-electron chi connectivity index (χ4n) is 3.21. The van der Waals surface area contributed by atoms with Gasteiger partial charge in [-0.05, 0) is 31.7 Å². The molecule has 7 heteroatoms. The molecule has 1 atom stereocenters. The summed E-state index contributed by atoms with van der Waals surface area (Å²) in [6.45, 7) is 5.41. The molecule has 2 aromatic rings. The van der Waals surface area contributed by atoms with Gasteiger partial charge in [-0.2, -0.15) is 4.98 Å². The maximum absolute atomic E-state index is 12.9. The molecule has 4 rings (SSSR count). The average Bonchev–Trinajstić information content (AvgIpc) is 3.37. The average molecular weight is 341 g/mol. The van der Waals surface area contributed by atoms with E-state index in [4.69, 9.17) is 4.52 Å². The standard InChI is InChI=1S/C18H23N5O2/c1-11(2)17-21-16(22-25-17)13-4-3-9-23(10-13)18(24)14-7-8-19-15(20-14)12-5-6-12/h7-8,11-13H,3-6,9-10H2,1-2H3. The predicted octanol–water partition coefficient (Wildman–Crippen LogP) is 2.88. The molecule has 0 N–H and O–H groups in total. The maximum Gasteiger partial charge on any atom is 0.272 e. The fourth-order valence-corrected chi connectivity index (χ4v) is 3.21. The van der Waals surface area contributed by atoms with Crippen LogP contribution in [0.4, 0.5) is 0 Å². The van der Waals surface area contributed by atoms with Crippen molar-refractivity contribution in [3.8, 4) is 0 Å². The summed E-state index contributed by atoms with van der Waals surface area (Å²) in [5, 5.41) is 4.12. The lowest BCUT2D eigenvalue weighted by atomic mass is 9.97. The minimum absolute atomic E-state index is 0.0263. The van der Waals surface area contributed by atoms with Crippen LogP contribution >= 0.6 is 0 Å². The van der Waals surface area contributed by atoms with Crippen LogP contribution in [0.2, 0.25) is 0 Å². The number of nitrogens with zero attached hydrogens (tertiary/aromatic N) is 5. The highest BCUT2D eigenvalue weighted by atomic mass is 16.5. The van der Waals surface area contributed by atoms with Gasteiger partial charge in [0.15, 0.2) is 5.82 Å². The van der Waals surface area contributed by atoms with Crippen LogP contribution in [-0.4, -0.2) is 44.0 Å². The highest BCUT2D eigenvalue weighted by molar-refractivity contribution is 5.92. The first-order valence-corrected chi connectivity index (χ1v) is 9.07. The zero-order valence-electron chi connectivity index (χ0n) is 14.7. The Balaban J connectivity index is 1.48. The van der Waals surface area contributed by atoms with E-state index in [1.165, 1.54) is 0 Å². The normalized spacial score (nSPS) is 20.9. The molecule has 2 fully saturated rings. The second-order valence-corrected chi connectivity index (χ2v) is 7.31. The molecule has 1 saturated carbocycles. The Bertz CT molecular complexity index is 768. The molecular weight excluding hydrogens is 318 g/mol. The summed E-state index contributed by atoms with van der Waals surface area (Å²) in [7, 11) is 0. The molecule has 1 amide bonds. The summed E-state index contributed by atoms with van der Waals surface area (Å²) in [4.78, 5) is 28.0. The van der Waals surface area contributed by atoms with Crippen LogP contribution in [0.25, 0.3) is 0 Å². The van der Waals surface area contributed by atoms with E-state index in [0.29, 0.717) is 29.9 Å². The number of rotatable bonds is 4. The van der Waals surface area contributed by atoms with Crippen molar-refractivity contribution in [1.82, 2.24) is 25.0 Å². The Morgan fingerprint density at radius 1 is 1.20 bits per heavy atom. The zero-order valence-corrected chi connectivity index (χ0v) is 14.7. The lowest BCUT2D eigenvalue weighted by molar-refractivity contribution is 0.0697. The molecule has 132 valence electrons. The van der Waals surface area contributed by atoms with Crippen molar-refractivity contribution in [3.63, 3.8) is 0 Å². The molecule has 0 radical (unpaired) electrons. The number of carbonyl (C=O) groups is 1. The first-order valence-electron chi connectivity index (χ1n) is 9.07. The number of likely N-dealkylation sites (tertiary alicyclic amines) is 1. The van der Waals surface area contributed by atoms with Crippen LogP contribution in [0.3, 0.4) is 0 Å². The number of amides is 1. The van der Waals surface area contributed by atoms with Crippen molar-refractivity contribution >= 4 is 5.91 Å². The molecule has 3 heterocycles.